The molecular formula is C17H20N2O3. The van der Waals surface area contributed by atoms with Gasteiger partial charge in [-0.15, -0.1) is 0 Å². The van der Waals surface area contributed by atoms with Crippen molar-refractivity contribution >= 4 is 5.97 Å². The number of carbonyl (C=O) groups is 1. The van der Waals surface area contributed by atoms with Crippen LogP contribution >= 0.6 is 0 Å². The fourth-order valence-electron chi connectivity index (χ4n) is 4.10. The third kappa shape index (κ3) is 2.11. The highest BCUT2D eigenvalue weighted by molar-refractivity contribution is 5.81. The Hall–Kier alpha value is -1.90. The molecule has 1 aromatic rings. The molecule has 1 aromatic carbocycles. The molecule has 5 nitrogen and oxygen atoms in total. The lowest BCUT2D eigenvalue weighted by molar-refractivity contribution is -0.231. The Balaban J connectivity index is 1.68. The van der Waals surface area contributed by atoms with Crippen LogP contribution in [-0.2, 0) is 9.53 Å². The molecule has 22 heavy (non-hydrogen) atoms. The van der Waals surface area contributed by atoms with E-state index in [1.54, 1.807) is 0 Å². The Morgan fingerprint density at radius 1 is 1.41 bits per heavy atom. The normalized spacial score (nSPS) is 31.1. The first kappa shape index (κ1) is 15.0. The van der Waals surface area contributed by atoms with Crippen molar-refractivity contribution in [3.8, 4) is 6.07 Å². The number of methoxy groups -OCH3 is 1. The smallest absolute Gasteiger partial charge is 0.311 e. The molecule has 0 unspecified atom stereocenters. The second kappa shape index (κ2) is 5.38. The van der Waals surface area contributed by atoms with Crippen molar-refractivity contribution in [2.45, 2.75) is 31.3 Å². The number of hydrogen-bond donors (Lipinski definition) is 2. The predicted octanol–water partition coefficient (Wildman–Crippen LogP) is 1.55. The zero-order valence-electron chi connectivity index (χ0n) is 12.6. The van der Waals surface area contributed by atoms with E-state index in [2.05, 4.69) is 11.4 Å². The average molecular weight is 300 g/mol. The van der Waals surface area contributed by atoms with Crippen LogP contribution < -0.4 is 5.32 Å². The van der Waals surface area contributed by atoms with Crippen LogP contribution in [0.5, 0.6) is 0 Å². The summed E-state index contributed by atoms with van der Waals surface area (Å²) in [5.74, 6) is -0.159. The molecule has 3 saturated carbocycles. The lowest BCUT2D eigenvalue weighted by atomic mass is 9.33. The molecule has 2 N–H and O–H groups in total. The third-order valence-corrected chi connectivity index (χ3v) is 5.18. The van der Waals surface area contributed by atoms with Crippen LogP contribution in [-0.4, -0.2) is 30.8 Å². The largest absolute Gasteiger partial charge is 0.469 e. The Morgan fingerprint density at radius 3 is 2.55 bits per heavy atom. The molecule has 0 saturated heterocycles. The zero-order valence-corrected chi connectivity index (χ0v) is 12.6. The van der Waals surface area contributed by atoms with Crippen LogP contribution in [0.4, 0.5) is 0 Å². The Morgan fingerprint density at radius 2 is 2.05 bits per heavy atom. The fourth-order valence-corrected chi connectivity index (χ4v) is 4.10. The Labute approximate surface area is 129 Å². The van der Waals surface area contributed by atoms with Gasteiger partial charge in [0.25, 0.3) is 0 Å². The van der Waals surface area contributed by atoms with Crippen molar-refractivity contribution in [3.05, 3.63) is 35.9 Å². The maximum Gasteiger partial charge on any atom is 0.311 e. The summed E-state index contributed by atoms with van der Waals surface area (Å²) in [6.45, 7) is -0.0690. The van der Waals surface area contributed by atoms with Crippen LogP contribution in [0.15, 0.2) is 30.3 Å². The first-order valence-corrected chi connectivity index (χ1v) is 7.49. The molecule has 3 aliphatic carbocycles. The van der Waals surface area contributed by atoms with E-state index in [0.29, 0.717) is 19.3 Å². The maximum absolute atomic E-state index is 11.7. The van der Waals surface area contributed by atoms with Gasteiger partial charge in [-0.3, -0.25) is 10.1 Å². The molecule has 0 heterocycles. The molecule has 0 aromatic heterocycles. The number of hydrogen-bond acceptors (Lipinski definition) is 5. The van der Waals surface area contributed by atoms with E-state index in [1.165, 1.54) is 7.11 Å². The highest BCUT2D eigenvalue weighted by Crippen LogP contribution is 2.75. The Kier molecular flexibility index (Phi) is 3.67. The summed E-state index contributed by atoms with van der Waals surface area (Å²) in [6, 6.07) is 11.3. The van der Waals surface area contributed by atoms with Gasteiger partial charge in [-0.05, 0) is 24.8 Å². The Bertz CT molecular complexity index is 588. The summed E-state index contributed by atoms with van der Waals surface area (Å²) in [5, 5.41) is 22.4. The van der Waals surface area contributed by atoms with E-state index in [-0.39, 0.29) is 35.5 Å². The molecule has 0 radical (unpaired) electrons. The molecule has 3 fully saturated rings. The van der Waals surface area contributed by atoms with Gasteiger partial charge in [0.05, 0.1) is 31.2 Å². The average Bonchev–Trinajstić information content (AvgIpc) is 2.48. The molecule has 4 rings (SSSR count). The van der Waals surface area contributed by atoms with Crippen molar-refractivity contribution in [2.24, 2.45) is 10.8 Å². The van der Waals surface area contributed by atoms with Crippen LogP contribution in [0.2, 0.25) is 0 Å². The zero-order chi connectivity index (χ0) is 15.8. The highest BCUT2D eigenvalue weighted by atomic mass is 16.5. The summed E-state index contributed by atoms with van der Waals surface area (Å²) >= 11 is 0. The SMILES string of the molecule is COC(=O)C12CC([C@@H](C#N)N[C@@H](CO)c3ccccc3)(C1)C2. The first-order chi connectivity index (χ1) is 10.6. The van der Waals surface area contributed by atoms with Gasteiger partial charge in [-0.25, -0.2) is 0 Å². The number of nitriles is 1. The number of carbonyl (C=O) groups excluding carboxylic acids is 1. The van der Waals surface area contributed by atoms with Crippen LogP contribution in [0.3, 0.4) is 0 Å². The first-order valence-electron chi connectivity index (χ1n) is 7.49. The van der Waals surface area contributed by atoms with E-state index < -0.39 is 0 Å². The number of benzene rings is 1. The van der Waals surface area contributed by atoms with Crippen molar-refractivity contribution in [1.29, 1.82) is 5.26 Å². The van der Waals surface area contributed by atoms with E-state index in [1.807, 2.05) is 30.3 Å². The summed E-state index contributed by atoms with van der Waals surface area (Å²) < 4.78 is 4.84. The number of rotatable bonds is 6. The van der Waals surface area contributed by atoms with Crippen LogP contribution in [0, 0.1) is 22.2 Å². The second-order valence-electron chi connectivity index (χ2n) is 6.54. The molecule has 0 spiro atoms. The molecule has 5 heteroatoms. The monoisotopic (exact) mass is 300 g/mol. The van der Waals surface area contributed by atoms with E-state index in [4.69, 9.17) is 4.74 Å². The summed E-state index contributed by atoms with van der Waals surface area (Å²) in [7, 11) is 1.41. The van der Waals surface area contributed by atoms with Gasteiger partial charge in [0, 0.05) is 5.41 Å². The van der Waals surface area contributed by atoms with Crippen LogP contribution in [0.25, 0.3) is 0 Å². The quantitative estimate of drug-likeness (QED) is 0.779. The minimum atomic E-state index is -0.364. The van der Waals surface area contributed by atoms with Gasteiger partial charge in [-0.2, -0.15) is 5.26 Å². The van der Waals surface area contributed by atoms with E-state index >= 15 is 0 Å². The summed E-state index contributed by atoms with van der Waals surface area (Å²) in [6.07, 6.45) is 2.10. The standard InChI is InChI=1S/C17H20N2O3/c1-22-15(21)17-9-16(10-17,11-17)14(7-18)19-13(8-20)12-5-3-2-4-6-12/h2-6,13-14,19-20H,8-11H2,1H3/t13-,14+,16?,17?/m0/s1. The van der Waals surface area contributed by atoms with Crippen molar-refractivity contribution < 1.29 is 14.6 Å². The minimum Gasteiger partial charge on any atom is -0.469 e. The van der Waals surface area contributed by atoms with E-state index in [9.17, 15) is 15.2 Å². The minimum absolute atomic E-state index is 0.0690. The van der Waals surface area contributed by atoms with Gasteiger partial charge in [0.1, 0.15) is 6.04 Å². The predicted molar refractivity (Wildman–Crippen MR) is 79.5 cm³/mol. The molecule has 2 atom stereocenters. The number of nitrogens with zero attached hydrogens (tertiary/aromatic N) is 1. The number of nitrogens with one attached hydrogen (secondary N) is 1. The summed E-state index contributed by atoms with van der Waals surface area (Å²) in [5.41, 5.74) is 0.456. The molecule has 3 aliphatic rings. The molecule has 0 aliphatic heterocycles. The highest BCUT2D eigenvalue weighted by Gasteiger charge is 2.74. The van der Waals surface area contributed by atoms with Gasteiger partial charge in [-0.1, -0.05) is 30.3 Å². The summed E-state index contributed by atoms with van der Waals surface area (Å²) in [4.78, 5) is 11.7. The molecule has 2 bridgehead atoms. The third-order valence-electron chi connectivity index (χ3n) is 5.18. The van der Waals surface area contributed by atoms with E-state index in [0.717, 1.165) is 5.56 Å². The van der Waals surface area contributed by atoms with Gasteiger partial charge in [0.2, 0.25) is 0 Å². The lowest BCUT2D eigenvalue weighted by Crippen LogP contribution is -2.72. The number of esters is 1. The van der Waals surface area contributed by atoms with Crippen LogP contribution in [0.1, 0.15) is 30.9 Å². The topological polar surface area (TPSA) is 82.4 Å². The number of ether oxygens (including phenoxy) is 1. The second-order valence-corrected chi connectivity index (χ2v) is 6.54. The molecular weight excluding hydrogens is 280 g/mol. The fraction of sp³-hybridized carbons (Fsp3) is 0.529. The van der Waals surface area contributed by atoms with Crippen molar-refractivity contribution in [3.63, 3.8) is 0 Å². The van der Waals surface area contributed by atoms with Gasteiger partial charge in [0.15, 0.2) is 0 Å². The maximum atomic E-state index is 11.7. The number of aliphatic hydroxyl groups is 1. The lowest BCUT2D eigenvalue weighted by Gasteiger charge is -2.70. The molecule has 0 amide bonds. The van der Waals surface area contributed by atoms with Gasteiger partial charge < -0.3 is 9.84 Å². The van der Waals surface area contributed by atoms with Crippen molar-refractivity contribution in [2.75, 3.05) is 13.7 Å². The molecule has 116 valence electrons. The van der Waals surface area contributed by atoms with Gasteiger partial charge >= 0.3 is 5.97 Å². The van der Waals surface area contributed by atoms with Crippen molar-refractivity contribution in [1.82, 2.24) is 5.32 Å². The number of aliphatic hydroxyl groups excluding tert-OH is 1.